The van der Waals surface area contributed by atoms with Gasteiger partial charge in [-0.25, -0.2) is 9.59 Å². The molecule has 3 rings (SSSR count). The van der Waals surface area contributed by atoms with Crippen molar-refractivity contribution < 1.29 is 19.1 Å². The number of carbonyl (C=O) groups excluding carboxylic acids is 2. The van der Waals surface area contributed by atoms with Gasteiger partial charge in [0.1, 0.15) is 0 Å². The molecule has 0 fully saturated rings. The lowest BCUT2D eigenvalue weighted by Gasteiger charge is -2.11. The average molecular weight is 388 g/mol. The van der Waals surface area contributed by atoms with E-state index in [1.165, 1.54) is 5.56 Å². The lowest BCUT2D eigenvalue weighted by atomic mass is 9.95. The van der Waals surface area contributed by atoms with Crippen LogP contribution in [0.2, 0.25) is 0 Å². The number of rotatable bonds is 6. The lowest BCUT2D eigenvalue weighted by molar-refractivity contribution is 0.0517. The molecule has 3 aromatic rings. The first kappa shape index (κ1) is 20.3. The van der Waals surface area contributed by atoms with Crippen molar-refractivity contribution in [1.82, 2.24) is 0 Å². The standard InChI is InChI=1S/C25H24O4/c1-4-28-24(26)20-12-10-19(11-13-20)22-14-21(18-8-6-17(3)7-9-18)15-23(16-22)25(27)29-5-2/h6-16H,4-5H2,1-3H3. The summed E-state index contributed by atoms with van der Waals surface area (Å²) in [5.74, 6) is -0.703. The number of ether oxygens (including phenoxy) is 2. The Hall–Kier alpha value is -3.40. The summed E-state index contributed by atoms with van der Waals surface area (Å²) in [5, 5.41) is 0. The van der Waals surface area contributed by atoms with Crippen LogP contribution >= 0.6 is 0 Å². The molecule has 0 heterocycles. The van der Waals surface area contributed by atoms with Gasteiger partial charge in [0, 0.05) is 0 Å². The van der Waals surface area contributed by atoms with Gasteiger partial charge in [-0.15, -0.1) is 0 Å². The quantitative estimate of drug-likeness (QED) is 0.510. The molecule has 0 N–H and O–H groups in total. The number of hydrogen-bond acceptors (Lipinski definition) is 4. The van der Waals surface area contributed by atoms with Crippen LogP contribution in [-0.2, 0) is 9.47 Å². The van der Waals surface area contributed by atoms with Crippen LogP contribution < -0.4 is 0 Å². The van der Waals surface area contributed by atoms with Crippen molar-refractivity contribution in [2.24, 2.45) is 0 Å². The van der Waals surface area contributed by atoms with Crippen molar-refractivity contribution in [3.8, 4) is 22.3 Å². The molecule has 29 heavy (non-hydrogen) atoms. The molecule has 0 aliphatic rings. The van der Waals surface area contributed by atoms with Crippen molar-refractivity contribution >= 4 is 11.9 Å². The highest BCUT2D eigenvalue weighted by molar-refractivity contribution is 5.94. The molecule has 0 aliphatic carbocycles. The van der Waals surface area contributed by atoms with Crippen LogP contribution in [0, 0.1) is 6.92 Å². The van der Waals surface area contributed by atoms with E-state index in [0.29, 0.717) is 24.3 Å². The Balaban J connectivity index is 2.04. The minimum atomic E-state index is -0.356. The highest BCUT2D eigenvalue weighted by Gasteiger charge is 2.13. The third-order valence-electron chi connectivity index (χ3n) is 4.56. The summed E-state index contributed by atoms with van der Waals surface area (Å²) < 4.78 is 10.2. The van der Waals surface area contributed by atoms with E-state index in [9.17, 15) is 9.59 Å². The van der Waals surface area contributed by atoms with E-state index in [4.69, 9.17) is 9.47 Å². The monoisotopic (exact) mass is 388 g/mol. The normalized spacial score (nSPS) is 10.4. The van der Waals surface area contributed by atoms with Gasteiger partial charge in [0.15, 0.2) is 0 Å². The van der Waals surface area contributed by atoms with Crippen molar-refractivity contribution in [2.75, 3.05) is 13.2 Å². The van der Waals surface area contributed by atoms with E-state index < -0.39 is 0 Å². The highest BCUT2D eigenvalue weighted by Crippen LogP contribution is 2.29. The zero-order valence-electron chi connectivity index (χ0n) is 16.9. The molecular formula is C25H24O4. The molecule has 4 heteroatoms. The second-order valence-corrected chi connectivity index (χ2v) is 6.68. The third-order valence-corrected chi connectivity index (χ3v) is 4.56. The molecular weight excluding hydrogens is 364 g/mol. The van der Waals surface area contributed by atoms with Crippen LogP contribution in [0.4, 0.5) is 0 Å². The summed E-state index contributed by atoms with van der Waals surface area (Å²) in [4.78, 5) is 24.3. The van der Waals surface area contributed by atoms with Crippen molar-refractivity contribution in [2.45, 2.75) is 20.8 Å². The van der Waals surface area contributed by atoms with Crippen molar-refractivity contribution in [3.05, 3.63) is 83.4 Å². The molecule has 0 amide bonds. The smallest absolute Gasteiger partial charge is 0.338 e. The summed E-state index contributed by atoms with van der Waals surface area (Å²) in [5.41, 5.74) is 5.89. The summed E-state index contributed by atoms with van der Waals surface area (Å²) >= 11 is 0. The van der Waals surface area contributed by atoms with E-state index >= 15 is 0 Å². The van der Waals surface area contributed by atoms with Gasteiger partial charge in [-0.3, -0.25) is 0 Å². The van der Waals surface area contributed by atoms with Gasteiger partial charge in [-0.1, -0.05) is 42.0 Å². The van der Waals surface area contributed by atoms with Crippen LogP contribution in [-0.4, -0.2) is 25.2 Å². The van der Waals surface area contributed by atoms with Crippen LogP contribution in [0.3, 0.4) is 0 Å². The zero-order chi connectivity index (χ0) is 20.8. The first-order valence-corrected chi connectivity index (χ1v) is 9.68. The summed E-state index contributed by atoms with van der Waals surface area (Å²) in [6, 6.07) is 21.0. The lowest BCUT2D eigenvalue weighted by Crippen LogP contribution is -2.05. The van der Waals surface area contributed by atoms with Crippen LogP contribution in [0.25, 0.3) is 22.3 Å². The Morgan fingerprint density at radius 3 is 1.55 bits per heavy atom. The molecule has 4 nitrogen and oxygen atoms in total. The zero-order valence-corrected chi connectivity index (χ0v) is 16.9. The van der Waals surface area contributed by atoms with E-state index in [0.717, 1.165) is 22.3 Å². The molecule has 0 unspecified atom stereocenters. The van der Waals surface area contributed by atoms with Gasteiger partial charge < -0.3 is 9.47 Å². The van der Waals surface area contributed by atoms with Crippen LogP contribution in [0.5, 0.6) is 0 Å². The number of hydrogen-bond donors (Lipinski definition) is 0. The first-order chi connectivity index (χ1) is 14.0. The Morgan fingerprint density at radius 1 is 0.621 bits per heavy atom. The van der Waals surface area contributed by atoms with E-state index in [1.54, 1.807) is 26.0 Å². The van der Waals surface area contributed by atoms with Crippen molar-refractivity contribution in [1.29, 1.82) is 0 Å². The molecule has 3 aromatic carbocycles. The molecule has 0 aromatic heterocycles. The summed E-state index contributed by atoms with van der Waals surface area (Å²) in [6.45, 7) is 6.26. The fourth-order valence-corrected chi connectivity index (χ4v) is 3.05. The number of benzene rings is 3. The molecule has 0 saturated heterocycles. The Kier molecular flexibility index (Phi) is 6.45. The SMILES string of the molecule is CCOC(=O)c1ccc(-c2cc(C(=O)OCC)cc(-c3ccc(C)cc3)c2)cc1. The summed E-state index contributed by atoms with van der Waals surface area (Å²) in [7, 11) is 0. The second kappa shape index (κ2) is 9.20. The van der Waals surface area contributed by atoms with Gasteiger partial charge in [0.25, 0.3) is 0 Å². The predicted molar refractivity (Wildman–Crippen MR) is 114 cm³/mol. The Morgan fingerprint density at radius 2 is 1.07 bits per heavy atom. The number of aryl methyl sites for hydroxylation is 1. The minimum absolute atomic E-state index is 0.317. The third kappa shape index (κ3) is 4.91. The van der Waals surface area contributed by atoms with Crippen LogP contribution in [0.1, 0.15) is 40.1 Å². The number of carbonyl (C=O) groups is 2. The van der Waals surface area contributed by atoms with E-state index in [1.807, 2.05) is 61.5 Å². The number of esters is 2. The Bertz CT molecular complexity index is 1000. The second-order valence-electron chi connectivity index (χ2n) is 6.68. The molecule has 0 saturated carbocycles. The van der Waals surface area contributed by atoms with Gasteiger partial charge in [0.05, 0.1) is 24.3 Å². The fourth-order valence-electron chi connectivity index (χ4n) is 3.05. The van der Waals surface area contributed by atoms with Gasteiger partial charge >= 0.3 is 11.9 Å². The highest BCUT2D eigenvalue weighted by atomic mass is 16.5. The maximum atomic E-state index is 12.4. The maximum absolute atomic E-state index is 12.4. The average Bonchev–Trinajstić information content (AvgIpc) is 2.74. The van der Waals surface area contributed by atoms with E-state index in [-0.39, 0.29) is 11.9 Å². The topological polar surface area (TPSA) is 52.6 Å². The largest absolute Gasteiger partial charge is 0.462 e. The maximum Gasteiger partial charge on any atom is 0.338 e. The Labute approximate surface area is 171 Å². The molecule has 0 radical (unpaired) electrons. The van der Waals surface area contributed by atoms with Gasteiger partial charge in [0.2, 0.25) is 0 Å². The predicted octanol–water partition coefficient (Wildman–Crippen LogP) is 5.68. The van der Waals surface area contributed by atoms with Crippen LogP contribution in [0.15, 0.2) is 66.7 Å². The molecule has 148 valence electrons. The minimum Gasteiger partial charge on any atom is -0.462 e. The first-order valence-electron chi connectivity index (χ1n) is 9.68. The van der Waals surface area contributed by atoms with Gasteiger partial charge in [-0.2, -0.15) is 0 Å². The molecule has 0 spiro atoms. The molecule has 0 aliphatic heterocycles. The van der Waals surface area contributed by atoms with E-state index in [2.05, 4.69) is 0 Å². The molecule has 0 atom stereocenters. The van der Waals surface area contributed by atoms with Crippen molar-refractivity contribution in [3.63, 3.8) is 0 Å². The summed E-state index contributed by atoms with van der Waals surface area (Å²) in [6.07, 6.45) is 0. The van der Waals surface area contributed by atoms with Gasteiger partial charge in [-0.05, 0) is 73.4 Å². The molecule has 0 bridgehead atoms. The fraction of sp³-hybridized carbons (Fsp3) is 0.200.